The fraction of sp³-hybridized carbons (Fsp3) is 0.364. The summed E-state index contributed by atoms with van der Waals surface area (Å²) in [6, 6.07) is 5.81. The van der Waals surface area contributed by atoms with Crippen molar-refractivity contribution in [2.45, 2.75) is 19.5 Å². The molecule has 0 aliphatic heterocycles. The molecule has 5 nitrogen and oxygen atoms in total. The summed E-state index contributed by atoms with van der Waals surface area (Å²) in [5, 5.41) is 12.0. The van der Waals surface area contributed by atoms with Gasteiger partial charge in [0.05, 0.1) is 17.6 Å². The largest absolute Gasteiger partial charge is 0.395 e. The van der Waals surface area contributed by atoms with Gasteiger partial charge in [-0.2, -0.15) is 0 Å². The minimum absolute atomic E-state index is 0.0703. The molecule has 0 saturated heterocycles. The Morgan fingerprint density at radius 2 is 2.12 bits per heavy atom. The van der Waals surface area contributed by atoms with E-state index < -0.39 is 0 Å². The molecule has 1 heterocycles. The van der Waals surface area contributed by atoms with Crippen LogP contribution in [0.5, 0.6) is 0 Å². The summed E-state index contributed by atoms with van der Waals surface area (Å²) in [5.74, 6) is 0. The van der Waals surface area contributed by atoms with Gasteiger partial charge in [0.2, 0.25) is 0 Å². The Bertz CT molecular complexity index is 529. The van der Waals surface area contributed by atoms with E-state index in [1.165, 1.54) is 0 Å². The number of hydrogen-bond acceptors (Lipinski definition) is 3. The number of hydrogen-bond donors (Lipinski definition) is 4. The summed E-state index contributed by atoms with van der Waals surface area (Å²) >= 11 is 0. The highest BCUT2D eigenvalue weighted by Crippen LogP contribution is 2.09. The maximum absolute atomic E-state index is 11.1. The van der Waals surface area contributed by atoms with Crippen LogP contribution in [0.2, 0.25) is 0 Å². The second-order valence-corrected chi connectivity index (χ2v) is 3.92. The van der Waals surface area contributed by atoms with Crippen molar-refractivity contribution in [2.24, 2.45) is 0 Å². The van der Waals surface area contributed by atoms with Gasteiger partial charge in [0, 0.05) is 12.6 Å². The maximum Gasteiger partial charge on any atom is 0.323 e. The van der Waals surface area contributed by atoms with Gasteiger partial charge in [-0.1, -0.05) is 6.07 Å². The van der Waals surface area contributed by atoms with Crippen LogP contribution >= 0.6 is 0 Å². The number of aliphatic hydroxyl groups is 1. The van der Waals surface area contributed by atoms with E-state index in [-0.39, 0.29) is 18.3 Å². The third-order valence-corrected chi connectivity index (χ3v) is 2.51. The van der Waals surface area contributed by atoms with E-state index in [2.05, 4.69) is 15.3 Å². The first kappa shape index (κ1) is 10.9. The molecule has 2 rings (SSSR count). The smallest absolute Gasteiger partial charge is 0.323 e. The molecule has 0 spiro atoms. The SMILES string of the molecule is CC(CO)NCc1ccc2[nH]c(=O)[nH]c2c1. The molecule has 0 radical (unpaired) electrons. The fourth-order valence-electron chi connectivity index (χ4n) is 1.55. The first-order valence-electron chi connectivity index (χ1n) is 5.24. The number of H-pyrrole nitrogens is 2. The molecule has 0 bridgehead atoms. The van der Waals surface area contributed by atoms with Gasteiger partial charge in [-0.15, -0.1) is 0 Å². The molecule has 0 aliphatic rings. The average molecular weight is 221 g/mol. The van der Waals surface area contributed by atoms with Gasteiger partial charge >= 0.3 is 5.69 Å². The summed E-state index contributed by atoms with van der Waals surface area (Å²) in [7, 11) is 0. The van der Waals surface area contributed by atoms with Crippen LogP contribution in [0.25, 0.3) is 11.0 Å². The van der Waals surface area contributed by atoms with Crippen molar-refractivity contribution < 1.29 is 5.11 Å². The summed E-state index contributed by atoms with van der Waals surface area (Å²) in [6.45, 7) is 2.70. The van der Waals surface area contributed by atoms with Crippen molar-refractivity contribution in [3.8, 4) is 0 Å². The van der Waals surface area contributed by atoms with Crippen LogP contribution in [0.3, 0.4) is 0 Å². The Labute approximate surface area is 92.5 Å². The second-order valence-electron chi connectivity index (χ2n) is 3.92. The number of fused-ring (bicyclic) bond motifs is 1. The molecule has 0 saturated carbocycles. The average Bonchev–Trinajstić information content (AvgIpc) is 2.65. The number of benzene rings is 1. The van der Waals surface area contributed by atoms with Gasteiger partial charge in [-0.05, 0) is 24.6 Å². The van der Waals surface area contributed by atoms with Crippen LogP contribution < -0.4 is 11.0 Å². The van der Waals surface area contributed by atoms with Crippen molar-refractivity contribution in [1.82, 2.24) is 15.3 Å². The molecule has 86 valence electrons. The zero-order valence-corrected chi connectivity index (χ0v) is 9.08. The molecule has 0 aliphatic carbocycles. The number of rotatable bonds is 4. The highest BCUT2D eigenvalue weighted by Gasteiger charge is 2.02. The lowest BCUT2D eigenvalue weighted by molar-refractivity contribution is 0.251. The zero-order valence-electron chi connectivity index (χ0n) is 9.08. The third-order valence-electron chi connectivity index (χ3n) is 2.51. The van der Waals surface area contributed by atoms with Gasteiger partial charge in [-0.25, -0.2) is 4.79 Å². The third kappa shape index (κ3) is 2.32. The molecule has 0 amide bonds. The minimum atomic E-state index is -0.191. The van der Waals surface area contributed by atoms with Gasteiger partial charge in [0.1, 0.15) is 0 Å². The summed E-state index contributed by atoms with van der Waals surface area (Å²) in [5.41, 5.74) is 2.50. The van der Waals surface area contributed by atoms with Crippen molar-refractivity contribution in [3.05, 3.63) is 34.2 Å². The monoisotopic (exact) mass is 221 g/mol. The molecule has 1 atom stereocenters. The number of nitrogens with one attached hydrogen (secondary N) is 3. The topological polar surface area (TPSA) is 80.9 Å². The molecule has 1 aromatic carbocycles. The Balaban J connectivity index is 2.16. The van der Waals surface area contributed by atoms with E-state index in [9.17, 15) is 4.79 Å². The van der Waals surface area contributed by atoms with Crippen molar-refractivity contribution in [3.63, 3.8) is 0 Å². The minimum Gasteiger partial charge on any atom is -0.395 e. The number of aromatic amines is 2. The lowest BCUT2D eigenvalue weighted by Crippen LogP contribution is -2.28. The molecular weight excluding hydrogens is 206 g/mol. The van der Waals surface area contributed by atoms with Gasteiger partial charge < -0.3 is 20.4 Å². The van der Waals surface area contributed by atoms with Crippen LogP contribution in [0.1, 0.15) is 12.5 Å². The van der Waals surface area contributed by atoms with Crippen LogP contribution in [0.4, 0.5) is 0 Å². The lowest BCUT2D eigenvalue weighted by Gasteiger charge is -2.10. The maximum atomic E-state index is 11.1. The van der Waals surface area contributed by atoms with E-state index in [0.717, 1.165) is 16.6 Å². The lowest BCUT2D eigenvalue weighted by atomic mass is 10.2. The number of imidazole rings is 1. The van der Waals surface area contributed by atoms with Crippen LogP contribution in [-0.2, 0) is 6.54 Å². The highest BCUT2D eigenvalue weighted by molar-refractivity contribution is 5.74. The molecule has 1 unspecified atom stereocenters. The molecule has 4 N–H and O–H groups in total. The van der Waals surface area contributed by atoms with E-state index in [1.807, 2.05) is 25.1 Å². The van der Waals surface area contributed by atoms with Gasteiger partial charge in [-0.3, -0.25) is 0 Å². The van der Waals surface area contributed by atoms with Crippen LogP contribution in [-0.4, -0.2) is 27.7 Å². The predicted octanol–water partition coefficient (Wildman–Crippen LogP) is 0.327. The van der Waals surface area contributed by atoms with E-state index >= 15 is 0 Å². The first-order valence-corrected chi connectivity index (χ1v) is 5.24. The zero-order chi connectivity index (χ0) is 11.5. The fourth-order valence-corrected chi connectivity index (χ4v) is 1.55. The summed E-state index contributed by atoms with van der Waals surface area (Å²) < 4.78 is 0. The van der Waals surface area contributed by atoms with Crippen molar-refractivity contribution in [1.29, 1.82) is 0 Å². The van der Waals surface area contributed by atoms with E-state index in [1.54, 1.807) is 0 Å². The number of aliphatic hydroxyl groups excluding tert-OH is 1. The van der Waals surface area contributed by atoms with Gasteiger partial charge in [0.15, 0.2) is 0 Å². The second kappa shape index (κ2) is 4.51. The summed E-state index contributed by atoms with van der Waals surface area (Å²) in [6.07, 6.45) is 0. The van der Waals surface area contributed by atoms with E-state index in [0.29, 0.717) is 6.54 Å². The molecular formula is C11H15N3O2. The Hall–Kier alpha value is -1.59. The molecule has 1 aromatic heterocycles. The Morgan fingerprint density at radius 1 is 1.38 bits per heavy atom. The quantitative estimate of drug-likeness (QED) is 0.600. The van der Waals surface area contributed by atoms with Gasteiger partial charge in [0.25, 0.3) is 0 Å². The first-order chi connectivity index (χ1) is 7.69. The van der Waals surface area contributed by atoms with E-state index in [4.69, 9.17) is 5.11 Å². The Morgan fingerprint density at radius 3 is 2.88 bits per heavy atom. The molecule has 0 fully saturated rings. The molecule has 5 heteroatoms. The molecule has 2 aromatic rings. The van der Waals surface area contributed by atoms with Crippen LogP contribution in [0, 0.1) is 0 Å². The predicted molar refractivity (Wildman–Crippen MR) is 62.3 cm³/mol. The van der Waals surface area contributed by atoms with Crippen LogP contribution in [0.15, 0.2) is 23.0 Å². The molecule has 16 heavy (non-hydrogen) atoms. The Kier molecular flexibility index (Phi) is 3.07. The van der Waals surface area contributed by atoms with Crippen molar-refractivity contribution >= 4 is 11.0 Å². The standard InChI is InChI=1S/C11H15N3O2/c1-7(6-15)12-5-8-2-3-9-10(4-8)14-11(16)13-9/h2-4,7,12,15H,5-6H2,1H3,(H2,13,14,16). The summed E-state index contributed by atoms with van der Waals surface area (Å²) in [4.78, 5) is 16.5. The normalized spacial score (nSPS) is 13.1. The highest BCUT2D eigenvalue weighted by atomic mass is 16.3. The van der Waals surface area contributed by atoms with Crippen molar-refractivity contribution in [2.75, 3.05) is 6.61 Å². The number of aromatic nitrogens is 2.